The van der Waals surface area contributed by atoms with Crippen molar-refractivity contribution in [3.8, 4) is 0 Å². The molecule has 0 aliphatic rings. The lowest BCUT2D eigenvalue weighted by Gasteiger charge is -2.33. The van der Waals surface area contributed by atoms with Gasteiger partial charge in [0.15, 0.2) is 9.84 Å². The molecule has 1 heterocycles. The van der Waals surface area contributed by atoms with Crippen LogP contribution in [0.2, 0.25) is 0 Å². The van der Waals surface area contributed by atoms with Gasteiger partial charge in [-0.05, 0) is 50.7 Å². The monoisotopic (exact) mass is 289 g/mol. The van der Waals surface area contributed by atoms with E-state index in [9.17, 15) is 8.42 Å². The maximum Gasteiger partial charge on any atom is 0.154 e. The van der Waals surface area contributed by atoms with Crippen LogP contribution >= 0.6 is 11.3 Å². The van der Waals surface area contributed by atoms with E-state index >= 15 is 0 Å². The topological polar surface area (TPSA) is 46.2 Å². The molecule has 0 fully saturated rings. The highest BCUT2D eigenvalue weighted by Crippen LogP contribution is 2.36. The first kappa shape index (κ1) is 15.7. The highest BCUT2D eigenvalue weighted by molar-refractivity contribution is 7.92. The molecular weight excluding hydrogens is 266 g/mol. The van der Waals surface area contributed by atoms with Gasteiger partial charge in [0.1, 0.15) is 0 Å². The molecule has 5 heteroatoms. The van der Waals surface area contributed by atoms with Gasteiger partial charge in [0.2, 0.25) is 0 Å². The van der Waals surface area contributed by atoms with Gasteiger partial charge in [0, 0.05) is 11.1 Å². The lowest BCUT2D eigenvalue weighted by atomic mass is 9.99. The fourth-order valence-electron chi connectivity index (χ4n) is 1.84. The van der Waals surface area contributed by atoms with Gasteiger partial charge >= 0.3 is 0 Å². The van der Waals surface area contributed by atoms with Gasteiger partial charge in [-0.2, -0.15) is 0 Å². The first-order valence-electron chi connectivity index (χ1n) is 6.18. The van der Waals surface area contributed by atoms with E-state index < -0.39 is 14.6 Å². The molecule has 1 aromatic rings. The smallest absolute Gasteiger partial charge is 0.154 e. The molecule has 0 amide bonds. The van der Waals surface area contributed by atoms with Crippen molar-refractivity contribution in [1.82, 2.24) is 5.32 Å². The van der Waals surface area contributed by atoms with E-state index in [0.717, 1.165) is 23.4 Å². The fourth-order valence-corrected chi connectivity index (χ4v) is 3.73. The third-order valence-corrected chi connectivity index (χ3v) is 6.64. The SMILES string of the molecule is CCCNC(c1sccc1C)C(C)(C)S(C)(=O)=O. The number of aryl methyl sites for hydroxylation is 1. The summed E-state index contributed by atoms with van der Waals surface area (Å²) in [4.78, 5) is 1.12. The van der Waals surface area contributed by atoms with Gasteiger partial charge in [-0.1, -0.05) is 6.92 Å². The molecular formula is C13H23NO2S2. The molecule has 0 saturated carbocycles. The molecule has 1 atom stereocenters. The Morgan fingerprint density at radius 3 is 2.44 bits per heavy atom. The van der Waals surface area contributed by atoms with Crippen molar-refractivity contribution < 1.29 is 8.42 Å². The van der Waals surface area contributed by atoms with Crippen LogP contribution in [-0.2, 0) is 9.84 Å². The standard InChI is InChI=1S/C13H23NO2S2/c1-6-8-14-12(11-10(2)7-9-17-11)13(3,4)18(5,15)16/h7,9,12,14H,6,8H2,1-5H3. The molecule has 1 unspecified atom stereocenters. The number of rotatable bonds is 6. The molecule has 0 bridgehead atoms. The quantitative estimate of drug-likeness (QED) is 0.876. The van der Waals surface area contributed by atoms with Crippen molar-refractivity contribution in [3.63, 3.8) is 0 Å². The van der Waals surface area contributed by atoms with E-state index in [1.165, 1.54) is 6.26 Å². The zero-order valence-electron chi connectivity index (χ0n) is 11.8. The van der Waals surface area contributed by atoms with Gasteiger partial charge in [0.25, 0.3) is 0 Å². The van der Waals surface area contributed by atoms with E-state index in [-0.39, 0.29) is 6.04 Å². The maximum atomic E-state index is 12.0. The minimum atomic E-state index is -3.13. The molecule has 0 spiro atoms. The molecule has 1 N–H and O–H groups in total. The predicted molar refractivity (Wildman–Crippen MR) is 79.0 cm³/mol. The molecule has 0 radical (unpaired) electrons. The Hall–Kier alpha value is -0.390. The second-order valence-electron chi connectivity index (χ2n) is 5.23. The molecule has 0 aliphatic carbocycles. The summed E-state index contributed by atoms with van der Waals surface area (Å²) in [5.41, 5.74) is 1.16. The van der Waals surface area contributed by atoms with E-state index in [1.54, 1.807) is 25.2 Å². The van der Waals surface area contributed by atoms with Crippen LogP contribution in [0.3, 0.4) is 0 Å². The van der Waals surface area contributed by atoms with Gasteiger partial charge < -0.3 is 5.32 Å². The molecule has 0 saturated heterocycles. The van der Waals surface area contributed by atoms with Crippen LogP contribution in [0.1, 0.15) is 43.7 Å². The Bertz CT molecular complexity index is 489. The summed E-state index contributed by atoms with van der Waals surface area (Å²) in [6.45, 7) is 8.54. The van der Waals surface area contributed by atoms with Crippen LogP contribution in [0.5, 0.6) is 0 Å². The predicted octanol–water partition coefficient (Wildman–Crippen LogP) is 2.92. The Balaban J connectivity index is 3.18. The zero-order valence-corrected chi connectivity index (χ0v) is 13.4. The van der Waals surface area contributed by atoms with Gasteiger partial charge in [-0.3, -0.25) is 0 Å². The Labute approximate surface area is 115 Å². The van der Waals surface area contributed by atoms with Crippen LogP contribution in [0.25, 0.3) is 0 Å². The third-order valence-electron chi connectivity index (χ3n) is 3.41. The van der Waals surface area contributed by atoms with Crippen LogP contribution in [0.15, 0.2) is 11.4 Å². The normalized spacial score (nSPS) is 14.7. The van der Waals surface area contributed by atoms with Crippen molar-refractivity contribution >= 4 is 21.2 Å². The lowest BCUT2D eigenvalue weighted by molar-refractivity contribution is 0.424. The second-order valence-corrected chi connectivity index (χ2v) is 8.77. The summed E-state index contributed by atoms with van der Waals surface area (Å²) in [5.74, 6) is 0. The Morgan fingerprint density at radius 2 is 2.06 bits per heavy atom. The van der Waals surface area contributed by atoms with E-state index in [0.29, 0.717) is 0 Å². The summed E-state index contributed by atoms with van der Waals surface area (Å²) in [5, 5.41) is 5.41. The van der Waals surface area contributed by atoms with Crippen molar-refractivity contribution in [2.24, 2.45) is 0 Å². The lowest BCUT2D eigenvalue weighted by Crippen LogP contribution is -2.45. The molecule has 18 heavy (non-hydrogen) atoms. The zero-order chi connectivity index (χ0) is 14.0. The average molecular weight is 289 g/mol. The minimum Gasteiger partial charge on any atom is -0.308 e. The number of hydrogen-bond acceptors (Lipinski definition) is 4. The summed E-state index contributed by atoms with van der Waals surface area (Å²) >= 11 is 1.62. The van der Waals surface area contributed by atoms with Gasteiger partial charge in [-0.25, -0.2) is 8.42 Å². The van der Waals surface area contributed by atoms with E-state index in [4.69, 9.17) is 0 Å². The molecule has 0 aliphatic heterocycles. The second kappa shape index (κ2) is 5.72. The van der Waals surface area contributed by atoms with Crippen molar-refractivity contribution in [2.75, 3.05) is 12.8 Å². The molecule has 104 valence electrons. The van der Waals surface area contributed by atoms with Crippen LogP contribution in [-0.4, -0.2) is 26.0 Å². The number of nitrogens with one attached hydrogen (secondary N) is 1. The fraction of sp³-hybridized carbons (Fsp3) is 0.692. The highest BCUT2D eigenvalue weighted by Gasteiger charge is 2.40. The molecule has 1 aromatic heterocycles. The van der Waals surface area contributed by atoms with Gasteiger partial charge in [0.05, 0.1) is 10.8 Å². The highest BCUT2D eigenvalue weighted by atomic mass is 32.2. The van der Waals surface area contributed by atoms with E-state index in [2.05, 4.69) is 12.2 Å². The van der Waals surface area contributed by atoms with Crippen molar-refractivity contribution in [2.45, 2.75) is 44.9 Å². The summed E-state index contributed by atoms with van der Waals surface area (Å²) < 4.78 is 23.2. The maximum absolute atomic E-state index is 12.0. The van der Waals surface area contributed by atoms with Crippen molar-refractivity contribution in [3.05, 3.63) is 21.9 Å². The first-order valence-corrected chi connectivity index (χ1v) is 8.96. The van der Waals surface area contributed by atoms with Crippen LogP contribution < -0.4 is 5.32 Å². The summed E-state index contributed by atoms with van der Waals surface area (Å²) in [7, 11) is -3.13. The molecule has 3 nitrogen and oxygen atoms in total. The third kappa shape index (κ3) is 3.13. The van der Waals surface area contributed by atoms with E-state index in [1.807, 2.05) is 18.4 Å². The summed E-state index contributed by atoms with van der Waals surface area (Å²) in [6, 6.07) is 1.89. The average Bonchev–Trinajstić information content (AvgIpc) is 2.63. The number of thiophene rings is 1. The van der Waals surface area contributed by atoms with Crippen molar-refractivity contribution in [1.29, 1.82) is 0 Å². The minimum absolute atomic E-state index is 0.146. The molecule has 0 aromatic carbocycles. The number of hydrogen-bond donors (Lipinski definition) is 1. The Kier molecular flexibility index (Phi) is 4.98. The largest absolute Gasteiger partial charge is 0.308 e. The van der Waals surface area contributed by atoms with Crippen LogP contribution in [0.4, 0.5) is 0 Å². The van der Waals surface area contributed by atoms with Crippen LogP contribution in [0, 0.1) is 6.92 Å². The first-order chi connectivity index (χ1) is 8.21. The Morgan fingerprint density at radius 1 is 1.44 bits per heavy atom. The van der Waals surface area contributed by atoms with Gasteiger partial charge in [-0.15, -0.1) is 11.3 Å². The number of sulfone groups is 1. The molecule has 1 rings (SSSR count). The summed E-state index contributed by atoms with van der Waals surface area (Å²) in [6.07, 6.45) is 2.30.